The van der Waals surface area contributed by atoms with E-state index in [-0.39, 0.29) is 0 Å². The monoisotopic (exact) mass is 121 g/mol. The molecule has 2 rings (SSSR count). The van der Waals surface area contributed by atoms with Gasteiger partial charge in [0, 0.05) is 11.9 Å². The molecule has 0 aromatic carbocycles. The van der Waals surface area contributed by atoms with Crippen LogP contribution in [0.4, 0.5) is 0 Å². The van der Waals surface area contributed by atoms with Crippen molar-refractivity contribution in [3.8, 4) is 0 Å². The Balaban J connectivity index is 2.35. The van der Waals surface area contributed by atoms with E-state index in [0.29, 0.717) is 0 Å². The predicted molar refractivity (Wildman–Crippen MR) is 37.5 cm³/mol. The van der Waals surface area contributed by atoms with Gasteiger partial charge in [-0.15, -0.1) is 0 Å². The van der Waals surface area contributed by atoms with Crippen molar-refractivity contribution in [1.82, 2.24) is 4.98 Å². The summed E-state index contributed by atoms with van der Waals surface area (Å²) < 4.78 is 0. The van der Waals surface area contributed by atoms with E-state index in [1.807, 2.05) is 6.20 Å². The Bertz CT molecular complexity index is 208. The fourth-order valence-electron chi connectivity index (χ4n) is 1.30. The van der Waals surface area contributed by atoms with Crippen molar-refractivity contribution in [3.05, 3.63) is 23.5 Å². The van der Waals surface area contributed by atoms with E-state index < -0.39 is 0 Å². The molecule has 1 fully saturated rings. The summed E-state index contributed by atoms with van der Waals surface area (Å²) in [4.78, 5) is 3.19. The first-order valence-corrected chi connectivity index (χ1v) is 3.52. The van der Waals surface area contributed by atoms with Crippen LogP contribution in [0.15, 0.2) is 12.3 Å². The SMILES string of the molecule is Cc1[nH]ccc1C1CC1. The van der Waals surface area contributed by atoms with Crippen molar-refractivity contribution < 1.29 is 0 Å². The molecule has 1 aromatic rings. The lowest BCUT2D eigenvalue weighted by molar-refractivity contribution is 1.09. The van der Waals surface area contributed by atoms with Gasteiger partial charge in [0.2, 0.25) is 0 Å². The van der Waals surface area contributed by atoms with Crippen molar-refractivity contribution in [2.45, 2.75) is 25.7 Å². The maximum Gasteiger partial charge on any atom is 0.0150 e. The third-order valence-electron chi connectivity index (χ3n) is 2.01. The summed E-state index contributed by atoms with van der Waals surface area (Å²) in [5.74, 6) is 0.899. The molecule has 0 bridgehead atoms. The van der Waals surface area contributed by atoms with Crippen molar-refractivity contribution in [3.63, 3.8) is 0 Å². The van der Waals surface area contributed by atoms with Crippen LogP contribution >= 0.6 is 0 Å². The predicted octanol–water partition coefficient (Wildman–Crippen LogP) is 2.20. The average Bonchev–Trinajstić information content (AvgIpc) is 2.58. The number of H-pyrrole nitrogens is 1. The van der Waals surface area contributed by atoms with Crippen LogP contribution in [0.3, 0.4) is 0 Å². The van der Waals surface area contributed by atoms with E-state index in [1.54, 1.807) is 0 Å². The van der Waals surface area contributed by atoms with Gasteiger partial charge < -0.3 is 4.98 Å². The molecule has 1 aliphatic rings. The van der Waals surface area contributed by atoms with Gasteiger partial charge in [-0.05, 0) is 37.3 Å². The molecule has 0 atom stereocenters. The van der Waals surface area contributed by atoms with E-state index >= 15 is 0 Å². The highest BCUT2D eigenvalue weighted by molar-refractivity contribution is 5.27. The molecule has 0 saturated heterocycles. The quantitative estimate of drug-likeness (QED) is 0.586. The summed E-state index contributed by atoms with van der Waals surface area (Å²) in [5.41, 5.74) is 2.90. The molecule has 0 amide bonds. The van der Waals surface area contributed by atoms with Crippen molar-refractivity contribution >= 4 is 0 Å². The summed E-state index contributed by atoms with van der Waals surface area (Å²) in [5, 5.41) is 0. The van der Waals surface area contributed by atoms with Crippen LogP contribution in [0.1, 0.15) is 30.0 Å². The normalized spacial score (nSPS) is 18.3. The molecule has 0 unspecified atom stereocenters. The number of rotatable bonds is 1. The summed E-state index contributed by atoms with van der Waals surface area (Å²) in [6.07, 6.45) is 4.83. The van der Waals surface area contributed by atoms with Crippen LogP contribution in [-0.2, 0) is 0 Å². The highest BCUT2D eigenvalue weighted by Crippen LogP contribution is 2.41. The number of hydrogen-bond acceptors (Lipinski definition) is 0. The van der Waals surface area contributed by atoms with E-state index in [2.05, 4.69) is 18.0 Å². The van der Waals surface area contributed by atoms with Crippen molar-refractivity contribution in [1.29, 1.82) is 0 Å². The lowest BCUT2D eigenvalue weighted by atomic mass is 10.2. The number of aromatic nitrogens is 1. The Morgan fingerprint density at radius 1 is 1.56 bits per heavy atom. The standard InChI is InChI=1S/C8H11N/c1-6-8(4-5-9-6)7-2-3-7/h4-5,7,9H,2-3H2,1H3. The van der Waals surface area contributed by atoms with E-state index in [0.717, 1.165) is 5.92 Å². The number of hydrogen-bond donors (Lipinski definition) is 1. The second kappa shape index (κ2) is 1.63. The zero-order valence-corrected chi connectivity index (χ0v) is 5.65. The molecule has 1 aromatic heterocycles. The molecule has 1 nitrogen and oxygen atoms in total. The zero-order valence-electron chi connectivity index (χ0n) is 5.65. The highest BCUT2D eigenvalue weighted by Gasteiger charge is 2.24. The van der Waals surface area contributed by atoms with Crippen LogP contribution < -0.4 is 0 Å². The van der Waals surface area contributed by atoms with E-state index in [4.69, 9.17) is 0 Å². The Labute approximate surface area is 55.1 Å². The van der Waals surface area contributed by atoms with Gasteiger partial charge in [0.05, 0.1) is 0 Å². The summed E-state index contributed by atoms with van der Waals surface area (Å²) >= 11 is 0. The number of aromatic amines is 1. The first-order chi connectivity index (χ1) is 4.38. The Hall–Kier alpha value is -0.720. The maximum absolute atomic E-state index is 3.19. The van der Waals surface area contributed by atoms with Gasteiger partial charge in [0.25, 0.3) is 0 Å². The molecular weight excluding hydrogens is 110 g/mol. The van der Waals surface area contributed by atoms with Crippen LogP contribution in [-0.4, -0.2) is 4.98 Å². The molecule has 0 radical (unpaired) electrons. The molecule has 48 valence electrons. The van der Waals surface area contributed by atoms with Crippen LogP contribution in [0.25, 0.3) is 0 Å². The lowest BCUT2D eigenvalue weighted by Crippen LogP contribution is -1.77. The van der Waals surface area contributed by atoms with Crippen LogP contribution in [0, 0.1) is 6.92 Å². The third-order valence-corrected chi connectivity index (χ3v) is 2.01. The Morgan fingerprint density at radius 3 is 2.78 bits per heavy atom. The molecule has 1 N–H and O–H groups in total. The van der Waals surface area contributed by atoms with Crippen LogP contribution in [0.5, 0.6) is 0 Å². The summed E-state index contributed by atoms with van der Waals surface area (Å²) in [7, 11) is 0. The minimum Gasteiger partial charge on any atom is -0.365 e. The Morgan fingerprint density at radius 2 is 2.33 bits per heavy atom. The topological polar surface area (TPSA) is 15.8 Å². The first-order valence-electron chi connectivity index (χ1n) is 3.52. The van der Waals surface area contributed by atoms with Gasteiger partial charge in [-0.25, -0.2) is 0 Å². The second-order valence-corrected chi connectivity index (χ2v) is 2.83. The molecule has 1 saturated carbocycles. The van der Waals surface area contributed by atoms with Gasteiger partial charge >= 0.3 is 0 Å². The van der Waals surface area contributed by atoms with Gasteiger partial charge in [0.1, 0.15) is 0 Å². The minimum absolute atomic E-state index is 0.899. The van der Waals surface area contributed by atoms with E-state index in [9.17, 15) is 0 Å². The van der Waals surface area contributed by atoms with Crippen LogP contribution in [0.2, 0.25) is 0 Å². The summed E-state index contributed by atoms with van der Waals surface area (Å²) in [6.45, 7) is 2.15. The average molecular weight is 121 g/mol. The highest BCUT2D eigenvalue weighted by atomic mass is 14.7. The fraction of sp³-hybridized carbons (Fsp3) is 0.500. The van der Waals surface area contributed by atoms with Crippen molar-refractivity contribution in [2.75, 3.05) is 0 Å². The molecule has 1 heteroatoms. The van der Waals surface area contributed by atoms with Crippen molar-refractivity contribution in [2.24, 2.45) is 0 Å². The fourth-order valence-corrected chi connectivity index (χ4v) is 1.30. The van der Waals surface area contributed by atoms with Gasteiger partial charge in [-0.3, -0.25) is 0 Å². The molecule has 1 heterocycles. The largest absolute Gasteiger partial charge is 0.365 e. The minimum atomic E-state index is 0.899. The maximum atomic E-state index is 3.19. The van der Waals surface area contributed by atoms with Gasteiger partial charge in [0.15, 0.2) is 0 Å². The van der Waals surface area contributed by atoms with Gasteiger partial charge in [-0.2, -0.15) is 0 Å². The smallest absolute Gasteiger partial charge is 0.0150 e. The molecule has 9 heavy (non-hydrogen) atoms. The number of aryl methyl sites for hydroxylation is 1. The first kappa shape index (κ1) is 5.10. The molecule has 0 aliphatic heterocycles. The molecule has 0 spiro atoms. The summed E-state index contributed by atoms with van der Waals surface area (Å²) in [6, 6.07) is 2.20. The Kier molecular flexibility index (Phi) is 0.922. The second-order valence-electron chi connectivity index (χ2n) is 2.83. The van der Waals surface area contributed by atoms with Gasteiger partial charge in [-0.1, -0.05) is 0 Å². The zero-order chi connectivity index (χ0) is 6.27. The molecular formula is C8H11N. The van der Waals surface area contributed by atoms with E-state index in [1.165, 1.54) is 24.1 Å². The molecule has 1 aliphatic carbocycles. The third kappa shape index (κ3) is 0.766. The number of nitrogens with one attached hydrogen (secondary N) is 1. The lowest BCUT2D eigenvalue weighted by Gasteiger charge is -1.91.